The van der Waals surface area contributed by atoms with Crippen LogP contribution in [0.1, 0.15) is 18.4 Å². The van der Waals surface area contributed by atoms with Gasteiger partial charge in [0.05, 0.1) is 6.61 Å². The predicted octanol–water partition coefficient (Wildman–Crippen LogP) is 2.23. The second-order valence-corrected chi connectivity index (χ2v) is 5.76. The Morgan fingerprint density at radius 2 is 2.38 bits per heavy atom. The number of carbonyl (C=O) groups is 1. The van der Waals surface area contributed by atoms with Crippen molar-refractivity contribution in [2.75, 3.05) is 31.6 Å². The van der Waals surface area contributed by atoms with E-state index in [4.69, 9.17) is 16.7 Å². The van der Waals surface area contributed by atoms with Gasteiger partial charge in [-0.2, -0.15) is 0 Å². The first-order chi connectivity index (χ1) is 10.1. The number of nitrogens with one attached hydrogen (secondary N) is 2. The predicted molar refractivity (Wildman–Crippen MR) is 84.9 cm³/mol. The van der Waals surface area contributed by atoms with Crippen LogP contribution >= 0.6 is 11.6 Å². The molecule has 0 radical (unpaired) electrons. The number of rotatable bonds is 5. The summed E-state index contributed by atoms with van der Waals surface area (Å²) in [6.07, 6.45) is 2.19. The third-order valence-corrected chi connectivity index (χ3v) is 4.09. The minimum absolute atomic E-state index is 0.0468. The van der Waals surface area contributed by atoms with E-state index >= 15 is 0 Å². The Kier molecular flexibility index (Phi) is 5.85. The lowest BCUT2D eigenvalue weighted by Crippen LogP contribution is -2.44. The summed E-state index contributed by atoms with van der Waals surface area (Å²) < 4.78 is 0. The molecule has 1 saturated heterocycles. The number of hydrogen-bond donors (Lipinski definition) is 3. The molecule has 1 aliphatic rings. The highest BCUT2D eigenvalue weighted by Gasteiger charge is 2.21. The van der Waals surface area contributed by atoms with E-state index in [9.17, 15) is 4.79 Å². The third kappa shape index (κ3) is 4.59. The van der Waals surface area contributed by atoms with Crippen molar-refractivity contribution in [3.8, 4) is 0 Å². The number of aliphatic hydroxyl groups is 1. The molecule has 5 nitrogen and oxygen atoms in total. The second kappa shape index (κ2) is 7.64. The zero-order valence-electron chi connectivity index (χ0n) is 12.2. The fourth-order valence-corrected chi connectivity index (χ4v) is 2.63. The fraction of sp³-hybridized carbons (Fsp3) is 0.533. The summed E-state index contributed by atoms with van der Waals surface area (Å²) in [5.41, 5.74) is 1.63. The van der Waals surface area contributed by atoms with Crippen molar-refractivity contribution in [3.63, 3.8) is 0 Å². The van der Waals surface area contributed by atoms with E-state index < -0.39 is 0 Å². The molecule has 0 bridgehead atoms. The quantitative estimate of drug-likeness (QED) is 0.781. The van der Waals surface area contributed by atoms with Gasteiger partial charge in [-0.25, -0.2) is 4.79 Å². The van der Waals surface area contributed by atoms with E-state index in [0.717, 1.165) is 24.9 Å². The number of carbonyl (C=O) groups excluding carboxylic acids is 1. The summed E-state index contributed by atoms with van der Waals surface area (Å²) in [7, 11) is 0. The van der Waals surface area contributed by atoms with Gasteiger partial charge in [0.25, 0.3) is 0 Å². The van der Waals surface area contributed by atoms with Crippen LogP contribution in [-0.2, 0) is 0 Å². The smallest absolute Gasteiger partial charge is 0.321 e. The topological polar surface area (TPSA) is 64.6 Å². The Labute approximate surface area is 130 Å². The molecule has 2 amide bonds. The monoisotopic (exact) mass is 311 g/mol. The largest absolute Gasteiger partial charge is 0.395 e. The number of anilines is 1. The molecule has 2 rings (SSSR count). The number of nitrogens with zero attached hydrogens (tertiary/aromatic N) is 1. The fourth-order valence-electron chi connectivity index (χ4n) is 2.45. The summed E-state index contributed by atoms with van der Waals surface area (Å²) in [5.74, 6) is 0. The molecule has 1 heterocycles. The lowest BCUT2D eigenvalue weighted by molar-refractivity contribution is 0.182. The molecule has 1 aromatic carbocycles. The van der Waals surface area contributed by atoms with Gasteiger partial charge in [0, 0.05) is 29.8 Å². The average molecular weight is 312 g/mol. The van der Waals surface area contributed by atoms with Crippen LogP contribution in [0.4, 0.5) is 10.5 Å². The number of aliphatic hydroxyl groups excluding tert-OH is 1. The van der Waals surface area contributed by atoms with Crippen LogP contribution in [-0.4, -0.2) is 48.3 Å². The molecule has 1 unspecified atom stereocenters. The van der Waals surface area contributed by atoms with Crippen molar-refractivity contribution < 1.29 is 9.90 Å². The van der Waals surface area contributed by atoms with Gasteiger partial charge >= 0.3 is 6.03 Å². The molecular formula is C15H22ClN3O2. The van der Waals surface area contributed by atoms with Crippen molar-refractivity contribution in [1.29, 1.82) is 0 Å². The molecule has 21 heavy (non-hydrogen) atoms. The van der Waals surface area contributed by atoms with Crippen molar-refractivity contribution in [3.05, 3.63) is 28.8 Å². The van der Waals surface area contributed by atoms with Gasteiger partial charge in [0.1, 0.15) is 0 Å². The normalized spacial score (nSPS) is 17.8. The second-order valence-electron chi connectivity index (χ2n) is 5.36. The summed E-state index contributed by atoms with van der Waals surface area (Å²) in [4.78, 5) is 14.0. The Morgan fingerprint density at radius 3 is 3.00 bits per heavy atom. The SMILES string of the molecule is Cc1ccc(NC(=O)N(CCO)CC2CCCN2)cc1Cl. The molecule has 116 valence electrons. The Hall–Kier alpha value is -1.30. The number of urea groups is 1. The van der Waals surface area contributed by atoms with E-state index in [1.807, 2.05) is 19.1 Å². The average Bonchev–Trinajstić information content (AvgIpc) is 2.95. The zero-order valence-corrected chi connectivity index (χ0v) is 13.0. The van der Waals surface area contributed by atoms with E-state index in [0.29, 0.717) is 29.8 Å². The highest BCUT2D eigenvalue weighted by Crippen LogP contribution is 2.20. The van der Waals surface area contributed by atoms with Crippen molar-refractivity contribution in [2.45, 2.75) is 25.8 Å². The Bertz CT molecular complexity index is 490. The van der Waals surface area contributed by atoms with Gasteiger partial charge in [-0.3, -0.25) is 0 Å². The lowest BCUT2D eigenvalue weighted by Gasteiger charge is -2.25. The summed E-state index contributed by atoms with van der Waals surface area (Å²) in [6, 6.07) is 5.53. The molecule has 1 aromatic rings. The highest BCUT2D eigenvalue weighted by molar-refractivity contribution is 6.31. The molecule has 3 N–H and O–H groups in total. The first-order valence-corrected chi connectivity index (χ1v) is 7.64. The first-order valence-electron chi connectivity index (χ1n) is 7.26. The van der Waals surface area contributed by atoms with Crippen molar-refractivity contribution in [2.24, 2.45) is 0 Å². The van der Waals surface area contributed by atoms with Gasteiger partial charge in [-0.05, 0) is 44.0 Å². The van der Waals surface area contributed by atoms with E-state index in [1.54, 1.807) is 11.0 Å². The molecule has 6 heteroatoms. The Morgan fingerprint density at radius 1 is 1.57 bits per heavy atom. The summed E-state index contributed by atoms with van der Waals surface area (Å²) in [5, 5.41) is 16.0. The van der Waals surface area contributed by atoms with E-state index in [-0.39, 0.29) is 12.6 Å². The number of benzene rings is 1. The number of aryl methyl sites for hydroxylation is 1. The minimum atomic E-state index is -0.210. The van der Waals surface area contributed by atoms with E-state index in [2.05, 4.69) is 10.6 Å². The maximum Gasteiger partial charge on any atom is 0.321 e. The molecule has 0 aromatic heterocycles. The molecule has 1 fully saturated rings. The zero-order chi connectivity index (χ0) is 15.2. The van der Waals surface area contributed by atoms with Gasteiger partial charge in [0.2, 0.25) is 0 Å². The first kappa shape index (κ1) is 16.1. The number of halogens is 1. The molecule has 1 aliphatic heterocycles. The van der Waals surface area contributed by atoms with Crippen molar-refractivity contribution >= 4 is 23.3 Å². The van der Waals surface area contributed by atoms with Gasteiger partial charge < -0.3 is 20.6 Å². The van der Waals surface area contributed by atoms with Crippen LogP contribution < -0.4 is 10.6 Å². The Balaban J connectivity index is 1.98. The minimum Gasteiger partial charge on any atom is -0.395 e. The lowest BCUT2D eigenvalue weighted by atomic mass is 10.2. The maximum absolute atomic E-state index is 12.3. The number of amides is 2. The molecule has 0 spiro atoms. The number of hydrogen-bond acceptors (Lipinski definition) is 3. The molecule has 0 aliphatic carbocycles. The highest BCUT2D eigenvalue weighted by atomic mass is 35.5. The summed E-state index contributed by atoms with van der Waals surface area (Å²) in [6.45, 7) is 3.79. The van der Waals surface area contributed by atoms with Gasteiger partial charge in [-0.15, -0.1) is 0 Å². The van der Waals surface area contributed by atoms with Crippen LogP contribution in [0.3, 0.4) is 0 Å². The standard InChI is InChI=1S/C15H22ClN3O2/c1-11-4-5-12(9-14(11)16)18-15(21)19(7-8-20)10-13-3-2-6-17-13/h4-5,9,13,17,20H,2-3,6-8,10H2,1H3,(H,18,21). The van der Waals surface area contributed by atoms with Gasteiger partial charge in [-0.1, -0.05) is 17.7 Å². The van der Waals surface area contributed by atoms with E-state index in [1.165, 1.54) is 0 Å². The maximum atomic E-state index is 12.3. The van der Waals surface area contributed by atoms with Gasteiger partial charge in [0.15, 0.2) is 0 Å². The van der Waals surface area contributed by atoms with Crippen LogP contribution in [0.2, 0.25) is 5.02 Å². The van der Waals surface area contributed by atoms with Crippen molar-refractivity contribution in [1.82, 2.24) is 10.2 Å². The molecular weight excluding hydrogens is 290 g/mol. The molecule has 1 atom stereocenters. The van der Waals surface area contributed by atoms with Crippen LogP contribution in [0, 0.1) is 6.92 Å². The van der Waals surface area contributed by atoms with Crippen LogP contribution in [0.25, 0.3) is 0 Å². The third-order valence-electron chi connectivity index (χ3n) is 3.68. The van der Waals surface area contributed by atoms with Crippen LogP contribution in [0.15, 0.2) is 18.2 Å². The van der Waals surface area contributed by atoms with Crippen LogP contribution in [0.5, 0.6) is 0 Å². The summed E-state index contributed by atoms with van der Waals surface area (Å²) >= 11 is 6.06. The molecule has 0 saturated carbocycles.